The van der Waals surface area contributed by atoms with Crippen molar-refractivity contribution in [1.82, 2.24) is 5.20 Å². The highest BCUT2D eigenvalue weighted by molar-refractivity contribution is 7.49. The monoisotopic (exact) mass is 290 g/mol. The molecule has 4 N–H and O–H groups in total. The fourth-order valence-corrected chi connectivity index (χ4v) is 1.60. The smallest absolute Gasteiger partial charge is 0.311 e. The predicted molar refractivity (Wildman–Crippen MR) is 60.3 cm³/mol. The molecule has 1 aromatic rings. The van der Waals surface area contributed by atoms with E-state index < -0.39 is 7.75 Å². The minimum Gasteiger partial charge on any atom is -0.311 e. The molecular weight excluding hydrogens is 285 g/mol. The van der Waals surface area contributed by atoms with Crippen LogP contribution in [0, 0.1) is 0 Å². The van der Waals surface area contributed by atoms with Crippen LogP contribution in [0.4, 0.5) is 5.69 Å². The quantitative estimate of drug-likeness (QED) is 0.391. The van der Waals surface area contributed by atoms with E-state index in [1.807, 2.05) is 0 Å². The Morgan fingerprint density at radius 2 is 1.73 bits per heavy atom. The zero-order chi connectivity index (χ0) is 11.6. The van der Waals surface area contributed by atoms with Gasteiger partial charge < -0.3 is 15.2 Å². The van der Waals surface area contributed by atoms with Gasteiger partial charge in [0.1, 0.15) is 0 Å². The molecule has 84 valence electrons. The first-order valence-electron chi connectivity index (χ1n) is 3.53. The molecule has 0 aliphatic rings. The second-order valence-corrected chi connectivity index (χ2v) is 4.98. The van der Waals surface area contributed by atoms with Gasteiger partial charge in [-0.15, -0.1) is 5.20 Å². The highest BCUT2D eigenvalue weighted by Crippen LogP contribution is 2.36. The second kappa shape index (κ2) is 4.89. The molecule has 0 radical (unpaired) electrons. The SMILES string of the molecule is O=P(O)(O)NNc1ccc(Cl)c(Cl)c1Cl. The summed E-state index contributed by atoms with van der Waals surface area (Å²) in [4.78, 5) is 17.1. The number of benzene rings is 1. The molecule has 0 aliphatic carbocycles. The Labute approximate surface area is 101 Å². The van der Waals surface area contributed by atoms with Crippen molar-refractivity contribution in [2.75, 3.05) is 5.43 Å². The Bertz CT molecular complexity index is 422. The maximum absolute atomic E-state index is 10.5. The highest BCUT2D eigenvalue weighted by Gasteiger charge is 2.14. The molecule has 0 saturated heterocycles. The zero-order valence-corrected chi connectivity index (χ0v) is 10.2. The van der Waals surface area contributed by atoms with E-state index in [0.29, 0.717) is 0 Å². The number of hydrazine groups is 1. The molecule has 0 spiro atoms. The maximum atomic E-state index is 10.5. The molecule has 0 unspecified atom stereocenters. The molecule has 0 aliphatic heterocycles. The van der Waals surface area contributed by atoms with E-state index in [9.17, 15) is 4.57 Å². The van der Waals surface area contributed by atoms with Crippen molar-refractivity contribution in [1.29, 1.82) is 0 Å². The van der Waals surface area contributed by atoms with Crippen molar-refractivity contribution in [2.45, 2.75) is 0 Å². The first-order chi connectivity index (χ1) is 6.81. The minimum absolute atomic E-state index is 0.0742. The number of nitrogens with one attached hydrogen (secondary N) is 2. The summed E-state index contributed by atoms with van der Waals surface area (Å²) >= 11 is 17.1. The van der Waals surface area contributed by atoms with Crippen LogP contribution >= 0.6 is 42.5 Å². The summed E-state index contributed by atoms with van der Waals surface area (Å²) in [5, 5.41) is 2.19. The van der Waals surface area contributed by atoms with Crippen LogP contribution in [-0.4, -0.2) is 9.79 Å². The number of hydrogen-bond donors (Lipinski definition) is 4. The van der Waals surface area contributed by atoms with Gasteiger partial charge in [0.15, 0.2) is 0 Å². The van der Waals surface area contributed by atoms with Gasteiger partial charge in [0.2, 0.25) is 0 Å². The van der Waals surface area contributed by atoms with Crippen molar-refractivity contribution < 1.29 is 14.4 Å². The van der Waals surface area contributed by atoms with Crippen LogP contribution < -0.4 is 10.6 Å². The fourth-order valence-electron chi connectivity index (χ4n) is 0.755. The van der Waals surface area contributed by atoms with Crippen LogP contribution in [0.3, 0.4) is 0 Å². The molecule has 5 nitrogen and oxygen atoms in total. The molecule has 0 heterocycles. The van der Waals surface area contributed by atoms with Gasteiger partial charge >= 0.3 is 7.75 Å². The Morgan fingerprint density at radius 3 is 2.27 bits per heavy atom. The Balaban J connectivity index is 2.88. The standard InChI is InChI=1S/C6H6Cl3N2O3P/c7-3-1-2-4(6(9)5(3)8)10-11-15(12,13)14/h1-2,10H,(H3,11,12,13,14). The molecule has 9 heteroatoms. The van der Waals surface area contributed by atoms with Crippen molar-refractivity contribution in [3.8, 4) is 0 Å². The molecule has 0 bridgehead atoms. The Hall–Kier alpha value is -0.000000000000000167. The maximum Gasteiger partial charge on any atom is 0.417 e. The van der Waals surface area contributed by atoms with E-state index in [1.54, 1.807) is 5.20 Å². The summed E-state index contributed by atoms with van der Waals surface area (Å²) in [6, 6.07) is 2.87. The van der Waals surface area contributed by atoms with Crippen LogP contribution in [0.15, 0.2) is 12.1 Å². The van der Waals surface area contributed by atoms with Gasteiger partial charge in [0.05, 0.1) is 20.8 Å². The number of rotatable bonds is 3. The lowest BCUT2D eigenvalue weighted by Gasteiger charge is -2.11. The Kier molecular flexibility index (Phi) is 4.26. The lowest BCUT2D eigenvalue weighted by atomic mass is 10.3. The van der Waals surface area contributed by atoms with Gasteiger partial charge in [0.25, 0.3) is 0 Å². The largest absolute Gasteiger partial charge is 0.417 e. The average Bonchev–Trinajstić information content (AvgIpc) is 2.12. The number of anilines is 1. The van der Waals surface area contributed by atoms with Gasteiger partial charge in [-0.05, 0) is 12.1 Å². The lowest BCUT2D eigenvalue weighted by Crippen LogP contribution is -2.17. The normalized spacial score (nSPS) is 11.5. The van der Waals surface area contributed by atoms with E-state index in [0.717, 1.165) is 0 Å². The third-order valence-corrected chi connectivity index (χ3v) is 3.07. The van der Waals surface area contributed by atoms with Crippen LogP contribution in [0.2, 0.25) is 15.1 Å². The number of halogens is 3. The van der Waals surface area contributed by atoms with Crippen molar-refractivity contribution >= 4 is 48.2 Å². The second-order valence-electron chi connectivity index (χ2n) is 2.50. The molecule has 1 rings (SSSR count). The van der Waals surface area contributed by atoms with Crippen LogP contribution in [0.25, 0.3) is 0 Å². The zero-order valence-electron chi connectivity index (χ0n) is 7.04. The molecule has 0 fully saturated rings. The van der Waals surface area contributed by atoms with Crippen LogP contribution in [-0.2, 0) is 4.57 Å². The van der Waals surface area contributed by atoms with Gasteiger partial charge in [-0.1, -0.05) is 34.8 Å². The molecule has 1 aromatic carbocycles. The van der Waals surface area contributed by atoms with Gasteiger partial charge in [-0.3, -0.25) is 0 Å². The van der Waals surface area contributed by atoms with E-state index in [2.05, 4.69) is 5.43 Å². The van der Waals surface area contributed by atoms with Gasteiger partial charge in [-0.2, -0.15) is 0 Å². The third-order valence-electron chi connectivity index (χ3n) is 1.37. The molecule has 0 amide bonds. The van der Waals surface area contributed by atoms with Crippen molar-refractivity contribution in [2.24, 2.45) is 0 Å². The van der Waals surface area contributed by atoms with E-state index >= 15 is 0 Å². The third kappa shape index (κ3) is 3.81. The first-order valence-corrected chi connectivity index (χ1v) is 6.28. The van der Waals surface area contributed by atoms with Crippen molar-refractivity contribution in [3.63, 3.8) is 0 Å². The average molecular weight is 291 g/mol. The Morgan fingerprint density at radius 1 is 1.13 bits per heavy atom. The summed E-state index contributed by atoms with van der Waals surface area (Å²) in [6.07, 6.45) is 0. The summed E-state index contributed by atoms with van der Waals surface area (Å²) in [6.45, 7) is 0. The summed E-state index contributed by atoms with van der Waals surface area (Å²) < 4.78 is 10.5. The van der Waals surface area contributed by atoms with E-state index in [4.69, 9.17) is 44.6 Å². The highest BCUT2D eigenvalue weighted by atomic mass is 35.5. The summed E-state index contributed by atoms with van der Waals surface area (Å²) in [7, 11) is -4.37. The molecule has 0 aromatic heterocycles. The molecule has 0 saturated carbocycles. The van der Waals surface area contributed by atoms with Gasteiger partial charge in [-0.25, -0.2) is 4.57 Å². The fraction of sp³-hybridized carbons (Fsp3) is 0. The number of hydrogen-bond acceptors (Lipinski definition) is 2. The lowest BCUT2D eigenvalue weighted by molar-refractivity contribution is 0.362. The van der Waals surface area contributed by atoms with Crippen LogP contribution in [0.5, 0.6) is 0 Å². The molecule has 0 atom stereocenters. The first kappa shape index (κ1) is 13.1. The van der Waals surface area contributed by atoms with Gasteiger partial charge in [0, 0.05) is 0 Å². The molecule has 15 heavy (non-hydrogen) atoms. The molecular formula is C6H6Cl3N2O3P. The minimum atomic E-state index is -4.37. The van der Waals surface area contributed by atoms with E-state index in [-0.39, 0.29) is 20.8 Å². The van der Waals surface area contributed by atoms with Crippen LogP contribution in [0.1, 0.15) is 0 Å². The summed E-state index contributed by atoms with van der Waals surface area (Å²) in [5.74, 6) is 0. The summed E-state index contributed by atoms with van der Waals surface area (Å²) in [5.41, 5.74) is 2.45. The van der Waals surface area contributed by atoms with Crippen molar-refractivity contribution in [3.05, 3.63) is 27.2 Å². The predicted octanol–water partition coefficient (Wildman–Crippen LogP) is 2.66. The van der Waals surface area contributed by atoms with E-state index in [1.165, 1.54) is 12.1 Å². The topological polar surface area (TPSA) is 81.6 Å².